The van der Waals surface area contributed by atoms with Gasteiger partial charge in [-0.05, 0) is 66.3 Å². The Bertz CT molecular complexity index is 1430. The minimum Gasteiger partial charge on any atom is -0.487 e. The molecule has 2 fully saturated rings. The van der Waals surface area contributed by atoms with E-state index >= 15 is 0 Å². The fourth-order valence-electron chi connectivity index (χ4n) is 6.05. The Hall–Kier alpha value is -4.01. The second-order valence-electron chi connectivity index (χ2n) is 11.2. The van der Waals surface area contributed by atoms with E-state index in [-0.39, 0.29) is 29.8 Å². The summed E-state index contributed by atoms with van der Waals surface area (Å²) < 4.78 is 20.1. The first kappa shape index (κ1) is 27.2. The van der Waals surface area contributed by atoms with Crippen LogP contribution in [-0.2, 0) is 24.4 Å². The molecular formula is C33H35FN4O3. The number of piperidine rings is 2. The molecule has 3 heterocycles. The normalized spacial score (nSPS) is 22.9. The zero-order chi connectivity index (χ0) is 28.3. The van der Waals surface area contributed by atoms with Gasteiger partial charge in [-0.15, -0.1) is 0 Å². The monoisotopic (exact) mass is 554 g/mol. The Morgan fingerprint density at radius 3 is 2.59 bits per heavy atom. The van der Waals surface area contributed by atoms with Gasteiger partial charge in [0.1, 0.15) is 23.7 Å². The quantitative estimate of drug-likeness (QED) is 0.432. The first-order valence-corrected chi connectivity index (χ1v) is 14.3. The number of rotatable bonds is 8. The maximum atomic E-state index is 13.4. The number of carbonyl (C=O) groups is 2. The molecule has 2 amide bonds. The highest BCUT2D eigenvalue weighted by Gasteiger charge is 2.38. The highest BCUT2D eigenvalue weighted by atomic mass is 19.1. The summed E-state index contributed by atoms with van der Waals surface area (Å²) in [6.07, 6.45) is 2.01. The minimum absolute atomic E-state index is 0.121. The van der Waals surface area contributed by atoms with Crippen LogP contribution in [0, 0.1) is 5.82 Å². The Morgan fingerprint density at radius 1 is 1.00 bits per heavy atom. The summed E-state index contributed by atoms with van der Waals surface area (Å²) in [7, 11) is 0. The predicted octanol–water partition coefficient (Wildman–Crippen LogP) is 4.39. The number of carbonyl (C=O) groups excluding carboxylic acids is 2. The third-order valence-corrected chi connectivity index (χ3v) is 8.27. The lowest BCUT2D eigenvalue weighted by Gasteiger charge is -2.39. The van der Waals surface area contributed by atoms with Crippen LogP contribution in [0.4, 0.5) is 4.39 Å². The van der Waals surface area contributed by atoms with E-state index < -0.39 is 6.04 Å². The van der Waals surface area contributed by atoms with Crippen LogP contribution in [0.15, 0.2) is 85.1 Å². The van der Waals surface area contributed by atoms with Crippen LogP contribution in [0.1, 0.15) is 46.3 Å². The van der Waals surface area contributed by atoms with Crippen molar-refractivity contribution in [3.05, 3.63) is 113 Å². The van der Waals surface area contributed by atoms with Crippen molar-refractivity contribution in [1.29, 1.82) is 0 Å². The Morgan fingerprint density at radius 2 is 1.80 bits per heavy atom. The number of allylic oxidation sites excluding steroid dienone is 1. The standard InChI is InChI=1S/C33H35FN4O3/c1-22-7-14-30(32(39)36-22)38-20-25-17-27(12-13-28(25)33(38)40)41-31-21-37(19-24-8-10-26(34)11-9-24)16-15-29(31)35-18-23-5-3-2-4-6-23/h2-6,8-13,17,29-31,35H,1,7,14-16,18-21H2,(H,36,39). The van der Waals surface area contributed by atoms with Crippen molar-refractivity contribution in [2.75, 3.05) is 13.1 Å². The number of hydrogen-bond acceptors (Lipinski definition) is 5. The van der Waals surface area contributed by atoms with Crippen molar-refractivity contribution in [3.63, 3.8) is 0 Å². The average molecular weight is 555 g/mol. The van der Waals surface area contributed by atoms with E-state index in [9.17, 15) is 14.0 Å². The van der Waals surface area contributed by atoms with E-state index in [0.29, 0.717) is 42.9 Å². The number of benzene rings is 3. The number of likely N-dealkylation sites (tertiary alicyclic amines) is 1. The Balaban J connectivity index is 1.17. The molecule has 2 saturated heterocycles. The average Bonchev–Trinajstić information content (AvgIpc) is 3.29. The van der Waals surface area contributed by atoms with Gasteiger partial charge in [-0.25, -0.2) is 4.39 Å². The third kappa shape index (κ3) is 6.19. The Labute approximate surface area is 240 Å². The molecule has 2 N–H and O–H groups in total. The van der Waals surface area contributed by atoms with Crippen molar-refractivity contribution in [2.45, 2.75) is 57.1 Å². The summed E-state index contributed by atoms with van der Waals surface area (Å²) in [5, 5.41) is 6.49. The highest BCUT2D eigenvalue weighted by molar-refractivity contribution is 6.01. The van der Waals surface area contributed by atoms with Gasteiger partial charge in [0.25, 0.3) is 5.91 Å². The molecule has 0 saturated carbocycles. The molecule has 3 unspecified atom stereocenters. The van der Waals surface area contributed by atoms with Gasteiger partial charge >= 0.3 is 0 Å². The first-order chi connectivity index (χ1) is 19.9. The summed E-state index contributed by atoms with van der Waals surface area (Å²) in [5.74, 6) is 0.182. The molecule has 3 aliphatic rings. The second kappa shape index (κ2) is 11.8. The van der Waals surface area contributed by atoms with Crippen LogP contribution in [0.2, 0.25) is 0 Å². The number of ether oxygens (including phenoxy) is 1. The summed E-state index contributed by atoms with van der Waals surface area (Å²) in [6.45, 7) is 7.29. The molecular weight excluding hydrogens is 519 g/mol. The number of nitrogens with one attached hydrogen (secondary N) is 2. The fraction of sp³-hybridized carbons (Fsp3) is 0.333. The summed E-state index contributed by atoms with van der Waals surface area (Å²) >= 11 is 0. The van der Waals surface area contributed by atoms with Crippen molar-refractivity contribution >= 4 is 11.8 Å². The van der Waals surface area contributed by atoms with E-state index in [1.54, 1.807) is 4.90 Å². The topological polar surface area (TPSA) is 73.9 Å². The van der Waals surface area contributed by atoms with E-state index in [1.807, 2.05) is 48.5 Å². The molecule has 3 aromatic rings. The molecule has 0 bridgehead atoms. The van der Waals surface area contributed by atoms with Gasteiger partial charge in [-0.2, -0.15) is 0 Å². The maximum Gasteiger partial charge on any atom is 0.255 e. The van der Waals surface area contributed by atoms with Gasteiger partial charge < -0.3 is 20.3 Å². The zero-order valence-corrected chi connectivity index (χ0v) is 23.0. The summed E-state index contributed by atoms with van der Waals surface area (Å²) in [6, 6.07) is 22.2. The molecule has 3 aromatic carbocycles. The lowest BCUT2D eigenvalue weighted by Crippen LogP contribution is -2.54. The lowest BCUT2D eigenvalue weighted by atomic mass is 10.00. The van der Waals surface area contributed by atoms with Crippen LogP contribution in [-0.4, -0.2) is 52.9 Å². The molecule has 3 atom stereocenters. The molecule has 0 aromatic heterocycles. The van der Waals surface area contributed by atoms with Gasteiger partial charge in [0.2, 0.25) is 5.91 Å². The van der Waals surface area contributed by atoms with Crippen LogP contribution < -0.4 is 15.4 Å². The zero-order valence-electron chi connectivity index (χ0n) is 23.0. The smallest absolute Gasteiger partial charge is 0.255 e. The molecule has 8 heteroatoms. The molecule has 41 heavy (non-hydrogen) atoms. The van der Waals surface area contributed by atoms with Crippen LogP contribution >= 0.6 is 0 Å². The number of nitrogens with zero attached hydrogens (tertiary/aromatic N) is 2. The van der Waals surface area contributed by atoms with E-state index in [0.717, 1.165) is 37.2 Å². The molecule has 0 spiro atoms. The molecule has 7 nitrogen and oxygen atoms in total. The molecule has 6 rings (SSSR count). The van der Waals surface area contributed by atoms with E-state index in [1.165, 1.54) is 17.7 Å². The van der Waals surface area contributed by atoms with E-state index in [4.69, 9.17) is 4.74 Å². The molecule has 0 radical (unpaired) electrons. The van der Waals surface area contributed by atoms with Crippen LogP contribution in [0.5, 0.6) is 5.75 Å². The van der Waals surface area contributed by atoms with Gasteiger partial charge in [-0.1, -0.05) is 49.0 Å². The SMILES string of the molecule is C=C1CCC(N2Cc3cc(OC4CN(Cc5ccc(F)cc5)CCC4NCc4ccccc4)ccc3C2=O)C(=O)N1. The molecule has 0 aliphatic carbocycles. The van der Waals surface area contributed by atoms with E-state index in [2.05, 4.69) is 34.2 Å². The number of amides is 2. The second-order valence-corrected chi connectivity index (χ2v) is 11.2. The molecule has 3 aliphatic heterocycles. The summed E-state index contributed by atoms with van der Waals surface area (Å²) in [5.41, 5.74) is 4.47. The van der Waals surface area contributed by atoms with Crippen LogP contribution in [0.3, 0.4) is 0 Å². The van der Waals surface area contributed by atoms with Crippen molar-refractivity contribution in [2.24, 2.45) is 0 Å². The lowest BCUT2D eigenvalue weighted by molar-refractivity contribution is -0.126. The highest BCUT2D eigenvalue weighted by Crippen LogP contribution is 2.32. The van der Waals surface area contributed by atoms with Gasteiger partial charge in [0, 0.05) is 50.0 Å². The minimum atomic E-state index is -0.491. The fourth-order valence-corrected chi connectivity index (χ4v) is 6.05. The van der Waals surface area contributed by atoms with Gasteiger partial charge in [0.05, 0.1) is 0 Å². The largest absolute Gasteiger partial charge is 0.487 e. The third-order valence-electron chi connectivity index (χ3n) is 8.27. The number of fused-ring (bicyclic) bond motifs is 1. The van der Waals surface area contributed by atoms with Crippen molar-refractivity contribution in [3.8, 4) is 5.75 Å². The van der Waals surface area contributed by atoms with Crippen molar-refractivity contribution < 1.29 is 18.7 Å². The van der Waals surface area contributed by atoms with Gasteiger partial charge in [0.15, 0.2) is 0 Å². The number of hydrogen-bond donors (Lipinski definition) is 2. The molecule has 212 valence electrons. The Kier molecular flexibility index (Phi) is 7.85. The maximum absolute atomic E-state index is 13.4. The summed E-state index contributed by atoms with van der Waals surface area (Å²) in [4.78, 5) is 29.8. The first-order valence-electron chi connectivity index (χ1n) is 14.3. The number of halogens is 1. The van der Waals surface area contributed by atoms with Gasteiger partial charge in [-0.3, -0.25) is 14.5 Å². The van der Waals surface area contributed by atoms with Crippen LogP contribution in [0.25, 0.3) is 0 Å². The predicted molar refractivity (Wildman–Crippen MR) is 154 cm³/mol. The van der Waals surface area contributed by atoms with Crippen molar-refractivity contribution in [1.82, 2.24) is 20.4 Å².